The van der Waals surface area contributed by atoms with Crippen LogP contribution in [0.15, 0.2) is 84.9 Å². The minimum absolute atomic E-state index is 0.399. The fourth-order valence-electron chi connectivity index (χ4n) is 4.59. The largest absolute Gasteiger partial charge is 0.366 e. The van der Waals surface area contributed by atoms with Crippen molar-refractivity contribution >= 4 is 27.7 Å². The maximum absolute atomic E-state index is 12.2. The van der Waals surface area contributed by atoms with Gasteiger partial charge < -0.3 is 10.3 Å². The van der Waals surface area contributed by atoms with Crippen molar-refractivity contribution < 1.29 is 4.79 Å². The van der Waals surface area contributed by atoms with Gasteiger partial charge in [-0.3, -0.25) is 4.79 Å². The molecular weight excluding hydrogens is 380 g/mol. The first-order valence-corrected chi connectivity index (χ1v) is 10.5. The number of carbonyl (C=O) groups excluding carboxylic acids is 1. The number of hydrogen-bond donors (Lipinski definition) is 1. The monoisotopic (exact) mass is 404 g/mol. The zero-order valence-corrected chi connectivity index (χ0v) is 17.7. The van der Waals surface area contributed by atoms with E-state index in [0.717, 1.165) is 33.9 Å². The summed E-state index contributed by atoms with van der Waals surface area (Å²) < 4.78 is 2.32. The summed E-state index contributed by atoms with van der Waals surface area (Å²) in [4.78, 5) is 12.2. The summed E-state index contributed by atoms with van der Waals surface area (Å²) in [7, 11) is 0. The Bertz CT molecular complexity index is 1420. The van der Waals surface area contributed by atoms with E-state index in [4.69, 9.17) is 5.73 Å². The van der Waals surface area contributed by atoms with Gasteiger partial charge in [0.2, 0.25) is 5.91 Å². The molecule has 0 unspecified atom stereocenters. The lowest BCUT2D eigenvalue weighted by Crippen LogP contribution is -2.11. The van der Waals surface area contributed by atoms with Gasteiger partial charge in [-0.25, -0.2) is 0 Å². The number of hydrogen-bond acceptors (Lipinski definition) is 1. The second-order valence-corrected chi connectivity index (χ2v) is 8.12. The molecule has 0 radical (unpaired) electrons. The number of primary amides is 1. The molecule has 5 rings (SSSR count). The average Bonchev–Trinajstić information content (AvgIpc) is 3.10. The van der Waals surface area contributed by atoms with Crippen LogP contribution in [0.4, 0.5) is 0 Å². The zero-order valence-electron chi connectivity index (χ0n) is 17.7. The van der Waals surface area contributed by atoms with Crippen LogP contribution in [-0.4, -0.2) is 10.5 Å². The van der Waals surface area contributed by atoms with Crippen LogP contribution in [0, 0.1) is 13.8 Å². The maximum atomic E-state index is 12.2. The molecule has 0 aliphatic rings. The Balaban J connectivity index is 1.84. The first-order valence-electron chi connectivity index (χ1n) is 10.5. The van der Waals surface area contributed by atoms with Crippen LogP contribution < -0.4 is 5.73 Å². The molecule has 5 aromatic rings. The van der Waals surface area contributed by atoms with Gasteiger partial charge in [0.25, 0.3) is 0 Å². The number of benzene rings is 4. The Morgan fingerprint density at radius 2 is 1.48 bits per heavy atom. The highest BCUT2D eigenvalue weighted by molar-refractivity contribution is 6.18. The Hall–Kier alpha value is -3.85. The highest BCUT2D eigenvalue weighted by Gasteiger charge is 2.18. The fourth-order valence-corrected chi connectivity index (χ4v) is 4.59. The topological polar surface area (TPSA) is 48.0 Å². The van der Waals surface area contributed by atoms with Gasteiger partial charge in [0.15, 0.2) is 0 Å². The van der Waals surface area contributed by atoms with Crippen molar-refractivity contribution in [3.05, 3.63) is 107 Å². The first kappa shape index (κ1) is 19.1. The van der Waals surface area contributed by atoms with Gasteiger partial charge in [0.1, 0.15) is 0 Å². The summed E-state index contributed by atoms with van der Waals surface area (Å²) in [6.45, 7) is 5.04. The van der Waals surface area contributed by atoms with E-state index < -0.39 is 5.91 Å². The summed E-state index contributed by atoms with van der Waals surface area (Å²) >= 11 is 0. The number of carbonyl (C=O) groups is 1. The lowest BCUT2D eigenvalue weighted by Gasteiger charge is -2.14. The van der Waals surface area contributed by atoms with Crippen molar-refractivity contribution in [2.24, 2.45) is 5.73 Å². The molecule has 1 aromatic heterocycles. The zero-order chi connectivity index (χ0) is 21.5. The molecular formula is C28H24N2O. The molecule has 0 aliphatic carbocycles. The lowest BCUT2D eigenvalue weighted by molar-refractivity contribution is 0.100. The summed E-state index contributed by atoms with van der Waals surface area (Å²) in [5.41, 5.74) is 14.6. The standard InChI is InChI=1S/C28H24N2O/c1-18-8-6-9-19(2)24(18)17-30-25-13-7-12-23(28(29)31)27(25)22-15-14-21(16-26(22)30)20-10-4-3-5-11-20/h3-16H,17H2,1-2H3,(H2,29,31). The van der Waals surface area contributed by atoms with E-state index in [1.54, 1.807) is 0 Å². The van der Waals surface area contributed by atoms with Crippen molar-refractivity contribution in [3.63, 3.8) is 0 Å². The number of amides is 1. The number of fused-ring (bicyclic) bond motifs is 3. The highest BCUT2D eigenvalue weighted by atomic mass is 16.1. The molecule has 4 aromatic carbocycles. The second-order valence-electron chi connectivity index (χ2n) is 8.12. The summed E-state index contributed by atoms with van der Waals surface area (Å²) in [6, 6.07) is 29.1. The molecule has 0 aliphatic heterocycles. The average molecular weight is 405 g/mol. The van der Waals surface area contributed by atoms with Gasteiger partial charge in [0, 0.05) is 22.9 Å². The Labute approximate surface area is 181 Å². The molecule has 31 heavy (non-hydrogen) atoms. The number of rotatable bonds is 4. The van der Waals surface area contributed by atoms with Crippen LogP contribution in [0.3, 0.4) is 0 Å². The number of nitrogens with two attached hydrogens (primary N) is 1. The van der Waals surface area contributed by atoms with Crippen molar-refractivity contribution in [2.45, 2.75) is 20.4 Å². The van der Waals surface area contributed by atoms with E-state index in [9.17, 15) is 4.79 Å². The van der Waals surface area contributed by atoms with Crippen molar-refractivity contribution in [1.82, 2.24) is 4.57 Å². The molecule has 152 valence electrons. The van der Waals surface area contributed by atoms with Gasteiger partial charge in [-0.1, -0.05) is 66.7 Å². The van der Waals surface area contributed by atoms with Crippen molar-refractivity contribution in [2.75, 3.05) is 0 Å². The molecule has 2 N–H and O–H groups in total. The molecule has 0 saturated carbocycles. The SMILES string of the molecule is Cc1cccc(C)c1Cn1c2cc(-c3ccccc3)ccc2c2c(C(N)=O)cccc21. The van der Waals surface area contributed by atoms with Crippen LogP contribution in [0.25, 0.3) is 32.9 Å². The van der Waals surface area contributed by atoms with Crippen LogP contribution in [0.5, 0.6) is 0 Å². The number of nitrogens with zero attached hydrogens (tertiary/aromatic N) is 1. The predicted molar refractivity (Wildman–Crippen MR) is 128 cm³/mol. The minimum Gasteiger partial charge on any atom is -0.366 e. The molecule has 0 fully saturated rings. The van der Waals surface area contributed by atoms with E-state index >= 15 is 0 Å². The third-order valence-corrected chi connectivity index (χ3v) is 6.22. The van der Waals surface area contributed by atoms with Gasteiger partial charge in [-0.15, -0.1) is 0 Å². The highest BCUT2D eigenvalue weighted by Crippen LogP contribution is 2.35. The molecule has 0 saturated heterocycles. The first-order chi connectivity index (χ1) is 15.0. The molecule has 0 bridgehead atoms. The van der Waals surface area contributed by atoms with Crippen molar-refractivity contribution in [1.29, 1.82) is 0 Å². The molecule has 0 spiro atoms. The molecule has 1 amide bonds. The summed E-state index contributed by atoms with van der Waals surface area (Å²) in [6.07, 6.45) is 0. The lowest BCUT2D eigenvalue weighted by atomic mass is 10.0. The Morgan fingerprint density at radius 3 is 2.19 bits per heavy atom. The minimum atomic E-state index is -0.399. The van der Waals surface area contributed by atoms with Crippen LogP contribution >= 0.6 is 0 Å². The quantitative estimate of drug-likeness (QED) is 0.379. The van der Waals surface area contributed by atoms with Crippen LogP contribution in [0.2, 0.25) is 0 Å². The molecule has 1 heterocycles. The van der Waals surface area contributed by atoms with Gasteiger partial charge in [-0.05, 0) is 59.9 Å². The van der Waals surface area contributed by atoms with Crippen molar-refractivity contribution in [3.8, 4) is 11.1 Å². The molecule has 3 heteroatoms. The summed E-state index contributed by atoms with van der Waals surface area (Å²) in [5.74, 6) is -0.399. The van der Waals surface area contributed by atoms with Gasteiger partial charge in [-0.2, -0.15) is 0 Å². The van der Waals surface area contributed by atoms with Gasteiger partial charge >= 0.3 is 0 Å². The number of aromatic nitrogens is 1. The van der Waals surface area contributed by atoms with E-state index in [0.29, 0.717) is 5.56 Å². The third-order valence-electron chi connectivity index (χ3n) is 6.22. The second kappa shape index (κ2) is 7.44. The van der Waals surface area contributed by atoms with E-state index in [1.807, 2.05) is 18.2 Å². The predicted octanol–water partition coefficient (Wildman–Crippen LogP) is 6.23. The maximum Gasteiger partial charge on any atom is 0.249 e. The summed E-state index contributed by atoms with van der Waals surface area (Å²) in [5, 5.41) is 1.98. The van der Waals surface area contributed by atoms with E-state index in [1.165, 1.54) is 22.3 Å². The molecule has 0 atom stereocenters. The van der Waals surface area contributed by atoms with E-state index in [2.05, 4.69) is 85.1 Å². The normalized spacial score (nSPS) is 11.3. The Morgan fingerprint density at radius 1 is 0.774 bits per heavy atom. The van der Waals surface area contributed by atoms with Crippen LogP contribution in [0.1, 0.15) is 27.0 Å². The smallest absolute Gasteiger partial charge is 0.249 e. The van der Waals surface area contributed by atoms with Gasteiger partial charge in [0.05, 0.1) is 11.0 Å². The fraction of sp³-hybridized carbons (Fsp3) is 0.107. The Kier molecular flexibility index (Phi) is 4.59. The van der Waals surface area contributed by atoms with Crippen LogP contribution in [-0.2, 0) is 6.54 Å². The number of aryl methyl sites for hydroxylation is 2. The molecule has 3 nitrogen and oxygen atoms in total. The third kappa shape index (κ3) is 3.19. The van der Waals surface area contributed by atoms with E-state index in [-0.39, 0.29) is 0 Å².